The van der Waals surface area contributed by atoms with Gasteiger partial charge < -0.3 is 10.0 Å². The maximum Gasteiger partial charge on any atom is 0.253 e. The smallest absolute Gasteiger partial charge is 0.253 e. The van der Waals surface area contributed by atoms with E-state index < -0.39 is 0 Å². The van der Waals surface area contributed by atoms with Crippen molar-refractivity contribution in [3.8, 4) is 11.8 Å². The molecule has 0 atom stereocenters. The number of rotatable bonds is 1. The Labute approximate surface area is 130 Å². The lowest BCUT2D eigenvalue weighted by Crippen LogP contribution is -2.46. The van der Waals surface area contributed by atoms with Crippen LogP contribution in [0.25, 0.3) is 0 Å². The summed E-state index contributed by atoms with van der Waals surface area (Å²) in [6, 6.07) is 5.57. The van der Waals surface area contributed by atoms with Crippen LogP contribution in [-0.4, -0.2) is 46.1 Å². The molecule has 3 nitrogen and oxygen atoms in total. The maximum absolute atomic E-state index is 12.6. The number of thioether (sulfide) groups is 1. The van der Waals surface area contributed by atoms with E-state index in [2.05, 4.69) is 25.7 Å². The van der Waals surface area contributed by atoms with Crippen LogP contribution in [0.15, 0.2) is 18.2 Å². The third-order valence-corrected chi connectivity index (χ3v) is 4.79. The van der Waals surface area contributed by atoms with Gasteiger partial charge in [-0.2, -0.15) is 11.8 Å². The number of amides is 1. The Morgan fingerprint density at radius 2 is 2.24 bits per heavy atom. The van der Waals surface area contributed by atoms with Gasteiger partial charge >= 0.3 is 0 Å². The van der Waals surface area contributed by atoms with Crippen molar-refractivity contribution in [3.63, 3.8) is 0 Å². The number of aliphatic hydroxyl groups excluding tert-OH is 1. The van der Waals surface area contributed by atoms with E-state index in [9.17, 15) is 4.79 Å². The summed E-state index contributed by atoms with van der Waals surface area (Å²) in [5.74, 6) is 6.60. The molecule has 4 heteroatoms. The summed E-state index contributed by atoms with van der Waals surface area (Å²) in [4.78, 5) is 14.5. The Morgan fingerprint density at radius 3 is 2.86 bits per heavy atom. The van der Waals surface area contributed by atoms with E-state index in [-0.39, 0.29) is 17.3 Å². The van der Waals surface area contributed by atoms with Crippen LogP contribution in [0, 0.1) is 18.8 Å². The van der Waals surface area contributed by atoms with Crippen molar-refractivity contribution in [3.05, 3.63) is 34.9 Å². The molecular weight excluding hydrogens is 282 g/mol. The fraction of sp³-hybridized carbons (Fsp3) is 0.471. The molecule has 1 N–H and O–H groups in total. The molecule has 1 fully saturated rings. The van der Waals surface area contributed by atoms with E-state index >= 15 is 0 Å². The van der Waals surface area contributed by atoms with Crippen molar-refractivity contribution in [2.24, 2.45) is 0 Å². The van der Waals surface area contributed by atoms with E-state index in [1.54, 1.807) is 0 Å². The van der Waals surface area contributed by atoms with Gasteiger partial charge in [0.1, 0.15) is 6.61 Å². The van der Waals surface area contributed by atoms with Gasteiger partial charge in [0.2, 0.25) is 0 Å². The van der Waals surface area contributed by atoms with Gasteiger partial charge in [-0.1, -0.05) is 11.8 Å². The Bertz CT molecular complexity index is 599. The minimum Gasteiger partial charge on any atom is -0.384 e. The average molecular weight is 303 g/mol. The molecule has 1 aromatic carbocycles. The molecule has 0 saturated carbocycles. The minimum atomic E-state index is -0.152. The average Bonchev–Trinajstić information content (AvgIpc) is 2.44. The normalized spacial score (nSPS) is 17.0. The van der Waals surface area contributed by atoms with Gasteiger partial charge in [-0.25, -0.2) is 0 Å². The molecule has 1 aromatic rings. The predicted molar refractivity (Wildman–Crippen MR) is 87.6 cm³/mol. The highest BCUT2D eigenvalue weighted by Crippen LogP contribution is 2.30. The molecule has 0 aliphatic carbocycles. The van der Waals surface area contributed by atoms with Gasteiger partial charge in [-0.05, 0) is 44.5 Å². The monoisotopic (exact) mass is 303 g/mol. The van der Waals surface area contributed by atoms with Crippen LogP contribution < -0.4 is 0 Å². The number of aliphatic hydroxyl groups is 1. The number of hydrogen-bond donors (Lipinski definition) is 1. The summed E-state index contributed by atoms with van der Waals surface area (Å²) >= 11 is 1.92. The van der Waals surface area contributed by atoms with E-state index in [4.69, 9.17) is 5.11 Å². The third-order valence-electron chi connectivity index (χ3n) is 3.49. The van der Waals surface area contributed by atoms with E-state index in [0.29, 0.717) is 5.56 Å². The molecule has 0 spiro atoms. The molecule has 1 heterocycles. The van der Waals surface area contributed by atoms with Crippen LogP contribution in [0.4, 0.5) is 0 Å². The molecule has 0 bridgehead atoms. The lowest BCUT2D eigenvalue weighted by Gasteiger charge is -2.37. The molecule has 21 heavy (non-hydrogen) atoms. The summed E-state index contributed by atoms with van der Waals surface area (Å²) in [5, 5.41) is 8.74. The molecule has 0 radical (unpaired) electrons. The van der Waals surface area contributed by atoms with E-state index in [1.165, 1.54) is 0 Å². The van der Waals surface area contributed by atoms with Crippen molar-refractivity contribution in [1.82, 2.24) is 4.90 Å². The van der Waals surface area contributed by atoms with Crippen molar-refractivity contribution in [1.29, 1.82) is 0 Å². The number of carbonyl (C=O) groups is 1. The first-order chi connectivity index (χ1) is 9.93. The van der Waals surface area contributed by atoms with Crippen molar-refractivity contribution in [2.75, 3.05) is 25.4 Å². The molecule has 112 valence electrons. The van der Waals surface area contributed by atoms with Crippen LogP contribution in [0.2, 0.25) is 0 Å². The number of benzene rings is 1. The highest BCUT2D eigenvalue weighted by molar-refractivity contribution is 8.00. The number of nitrogens with zero attached hydrogens (tertiary/aromatic N) is 1. The van der Waals surface area contributed by atoms with Crippen molar-refractivity contribution in [2.45, 2.75) is 25.5 Å². The van der Waals surface area contributed by atoms with Gasteiger partial charge in [0.05, 0.1) is 0 Å². The molecule has 1 aliphatic heterocycles. The zero-order valence-electron chi connectivity index (χ0n) is 12.8. The van der Waals surface area contributed by atoms with Gasteiger partial charge in [-0.3, -0.25) is 4.79 Å². The molecule has 0 aromatic heterocycles. The largest absolute Gasteiger partial charge is 0.384 e. The van der Waals surface area contributed by atoms with Crippen LogP contribution in [0.5, 0.6) is 0 Å². The van der Waals surface area contributed by atoms with Crippen LogP contribution in [0.3, 0.4) is 0 Å². The fourth-order valence-electron chi connectivity index (χ4n) is 2.44. The molecule has 1 amide bonds. The summed E-state index contributed by atoms with van der Waals surface area (Å²) in [6.07, 6.45) is 0. The highest BCUT2D eigenvalue weighted by Gasteiger charge is 2.30. The lowest BCUT2D eigenvalue weighted by molar-refractivity contribution is 0.0748. The molecule has 1 saturated heterocycles. The molecule has 0 unspecified atom stereocenters. The van der Waals surface area contributed by atoms with Crippen LogP contribution in [0.1, 0.15) is 35.3 Å². The third kappa shape index (κ3) is 4.03. The second-order valence-electron chi connectivity index (χ2n) is 5.82. The second-order valence-corrected chi connectivity index (χ2v) is 7.63. The molecular formula is C17H21NO2S. The van der Waals surface area contributed by atoms with Crippen molar-refractivity contribution >= 4 is 17.7 Å². The Hall–Kier alpha value is -1.44. The first-order valence-corrected chi connectivity index (χ1v) is 8.05. The van der Waals surface area contributed by atoms with Crippen molar-refractivity contribution < 1.29 is 9.90 Å². The minimum absolute atomic E-state index is 0.0909. The zero-order valence-corrected chi connectivity index (χ0v) is 13.6. The highest BCUT2D eigenvalue weighted by atomic mass is 32.2. The number of carbonyl (C=O) groups excluding carboxylic acids is 1. The number of aryl methyl sites for hydroxylation is 1. The first-order valence-electron chi connectivity index (χ1n) is 7.06. The second kappa shape index (κ2) is 6.55. The van der Waals surface area contributed by atoms with Gasteiger partial charge in [0.15, 0.2) is 0 Å². The lowest BCUT2D eigenvalue weighted by atomic mass is 10.0. The quantitative estimate of drug-likeness (QED) is 0.809. The van der Waals surface area contributed by atoms with Gasteiger partial charge in [0.25, 0.3) is 5.91 Å². The number of hydrogen-bond acceptors (Lipinski definition) is 3. The van der Waals surface area contributed by atoms with E-state index in [0.717, 1.165) is 30.0 Å². The Kier molecular flexibility index (Phi) is 4.97. The molecule has 1 aliphatic rings. The zero-order chi connectivity index (χ0) is 15.5. The summed E-state index contributed by atoms with van der Waals surface area (Å²) in [5.41, 5.74) is 2.53. The SMILES string of the molecule is Cc1cc(C(=O)N2CCSC(C)(C)C2)ccc1C#CCO. The summed E-state index contributed by atoms with van der Waals surface area (Å²) in [6.45, 7) is 7.72. The first kappa shape index (κ1) is 15.9. The fourth-order valence-corrected chi connectivity index (χ4v) is 3.56. The maximum atomic E-state index is 12.6. The van der Waals surface area contributed by atoms with Gasteiger partial charge in [0, 0.05) is 34.7 Å². The topological polar surface area (TPSA) is 40.5 Å². The predicted octanol–water partition coefficient (Wildman–Crippen LogP) is 2.31. The van der Waals surface area contributed by atoms with E-state index in [1.807, 2.05) is 41.8 Å². The van der Waals surface area contributed by atoms with Crippen LogP contribution >= 0.6 is 11.8 Å². The Balaban J connectivity index is 2.18. The summed E-state index contributed by atoms with van der Waals surface area (Å²) < 4.78 is 0.121. The summed E-state index contributed by atoms with van der Waals surface area (Å²) in [7, 11) is 0. The standard InChI is InChI=1S/C17H21NO2S/c1-13-11-15(7-6-14(13)5-4-9-19)16(20)18-8-10-21-17(2,3)12-18/h6-7,11,19H,8-10,12H2,1-3H3. The van der Waals surface area contributed by atoms with Gasteiger partial charge in [-0.15, -0.1) is 0 Å². The van der Waals surface area contributed by atoms with Crippen LogP contribution in [-0.2, 0) is 0 Å². The Morgan fingerprint density at radius 1 is 1.48 bits per heavy atom. The molecule has 2 rings (SSSR count).